The first-order valence-corrected chi connectivity index (χ1v) is 15.6. The average Bonchev–Trinajstić information content (AvgIpc) is 3.60. The summed E-state index contributed by atoms with van der Waals surface area (Å²) in [5.74, 6) is 0.772. The molecule has 0 aliphatic carbocycles. The third-order valence-corrected chi connectivity index (χ3v) is 11.5. The van der Waals surface area contributed by atoms with Crippen molar-refractivity contribution in [3.05, 3.63) is 121 Å². The molecule has 4 aromatic carbocycles. The third-order valence-electron chi connectivity index (χ3n) is 8.35. The van der Waals surface area contributed by atoms with Crippen molar-refractivity contribution < 1.29 is 14.4 Å². The van der Waals surface area contributed by atoms with E-state index in [1.807, 2.05) is 109 Å². The van der Waals surface area contributed by atoms with Crippen LogP contribution in [0.2, 0.25) is 0 Å². The fourth-order valence-electron chi connectivity index (χ4n) is 6.57. The molecule has 3 atom stereocenters. The van der Waals surface area contributed by atoms with E-state index in [0.29, 0.717) is 6.04 Å². The largest absolute Gasteiger partial charge is 0.495 e. The van der Waals surface area contributed by atoms with E-state index in [1.165, 1.54) is 0 Å². The van der Waals surface area contributed by atoms with E-state index in [1.54, 1.807) is 7.11 Å². The lowest BCUT2D eigenvalue weighted by Gasteiger charge is -2.45. The maximum Gasteiger partial charge on any atom is 0.146 e. The Morgan fingerprint density at radius 1 is 0.846 bits per heavy atom. The van der Waals surface area contributed by atoms with Crippen LogP contribution in [-0.4, -0.2) is 48.6 Å². The van der Waals surface area contributed by atoms with Crippen molar-refractivity contribution in [1.29, 1.82) is 0 Å². The molecule has 6 rings (SSSR count). The molecule has 6 heteroatoms. The Morgan fingerprint density at radius 2 is 1.41 bits per heavy atom. The van der Waals surface area contributed by atoms with Gasteiger partial charge in [0, 0.05) is 35.9 Å². The molecular formula is C33H35N2O3P. The van der Waals surface area contributed by atoms with E-state index >= 15 is 4.57 Å². The molecule has 2 aliphatic rings. The van der Waals surface area contributed by atoms with Gasteiger partial charge in [-0.1, -0.05) is 103 Å². The highest BCUT2D eigenvalue weighted by Gasteiger charge is 2.56. The number of rotatable bonds is 8. The Hall–Kier alpha value is -3.37. The van der Waals surface area contributed by atoms with Crippen molar-refractivity contribution in [3.8, 4) is 5.75 Å². The van der Waals surface area contributed by atoms with E-state index in [2.05, 4.69) is 15.9 Å². The minimum absolute atomic E-state index is 0.0809. The molecule has 0 unspecified atom stereocenters. The molecule has 39 heavy (non-hydrogen) atoms. The van der Waals surface area contributed by atoms with Crippen LogP contribution in [0.15, 0.2) is 115 Å². The van der Waals surface area contributed by atoms with Gasteiger partial charge in [-0.05, 0) is 30.5 Å². The Kier molecular flexibility index (Phi) is 7.07. The number of benzene rings is 4. The number of hydrogen-bond acceptors (Lipinski definition) is 5. The Balaban J connectivity index is 1.56. The molecule has 1 N–H and O–H groups in total. The van der Waals surface area contributed by atoms with Gasteiger partial charge in [0.1, 0.15) is 24.7 Å². The molecule has 2 saturated heterocycles. The van der Waals surface area contributed by atoms with Gasteiger partial charge < -0.3 is 19.3 Å². The minimum Gasteiger partial charge on any atom is -0.495 e. The number of anilines is 1. The van der Waals surface area contributed by atoms with Crippen LogP contribution in [-0.2, 0) is 10.2 Å². The zero-order chi connectivity index (χ0) is 26.9. The molecule has 200 valence electrons. The van der Waals surface area contributed by atoms with Gasteiger partial charge in [-0.15, -0.1) is 0 Å². The molecule has 0 aromatic heterocycles. The van der Waals surface area contributed by atoms with Crippen molar-refractivity contribution in [1.82, 2.24) is 4.90 Å². The molecule has 2 heterocycles. The van der Waals surface area contributed by atoms with Gasteiger partial charge in [0.15, 0.2) is 0 Å². The highest BCUT2D eigenvalue weighted by atomic mass is 31.2. The molecular weight excluding hydrogens is 503 g/mol. The summed E-state index contributed by atoms with van der Waals surface area (Å²) in [6.45, 7) is 1.66. The van der Waals surface area contributed by atoms with Crippen LogP contribution in [0.3, 0.4) is 0 Å². The summed E-state index contributed by atoms with van der Waals surface area (Å²) in [6.07, 6.45) is 1.82. The lowest BCUT2D eigenvalue weighted by Crippen LogP contribution is -2.57. The van der Waals surface area contributed by atoms with E-state index in [0.717, 1.165) is 53.5 Å². The second-order valence-electron chi connectivity index (χ2n) is 10.6. The van der Waals surface area contributed by atoms with Crippen LogP contribution in [0.4, 0.5) is 5.69 Å². The SMILES string of the molecule is COc1ccccc1N1C[C@@H]2CCCN2[C@H]1[C@](O)(CP(=O)(c1ccccc1)c1ccccc1)c1ccccc1. The van der Waals surface area contributed by atoms with Crippen molar-refractivity contribution >= 4 is 23.4 Å². The monoisotopic (exact) mass is 538 g/mol. The zero-order valence-corrected chi connectivity index (χ0v) is 23.2. The maximum absolute atomic E-state index is 15.4. The number of fused-ring (bicyclic) bond motifs is 1. The van der Waals surface area contributed by atoms with Crippen LogP contribution < -0.4 is 20.2 Å². The number of para-hydroxylation sites is 2. The van der Waals surface area contributed by atoms with Crippen LogP contribution in [0, 0.1) is 0 Å². The summed E-state index contributed by atoms with van der Waals surface area (Å²) >= 11 is 0. The van der Waals surface area contributed by atoms with Crippen LogP contribution in [0.1, 0.15) is 18.4 Å². The van der Waals surface area contributed by atoms with Crippen LogP contribution in [0.25, 0.3) is 0 Å². The third kappa shape index (κ3) is 4.59. The van der Waals surface area contributed by atoms with E-state index in [9.17, 15) is 5.11 Å². The molecule has 0 radical (unpaired) electrons. The van der Waals surface area contributed by atoms with E-state index < -0.39 is 18.9 Å². The van der Waals surface area contributed by atoms with Gasteiger partial charge in [0.2, 0.25) is 0 Å². The first-order valence-electron chi connectivity index (χ1n) is 13.7. The summed E-state index contributed by atoms with van der Waals surface area (Å²) in [7, 11) is -1.58. The fraction of sp³-hybridized carbons (Fsp3) is 0.273. The smallest absolute Gasteiger partial charge is 0.146 e. The molecule has 0 spiro atoms. The standard InChI is InChI=1S/C33H35N2O3P/c1-38-31-22-12-11-21-30(31)35-24-27-16-13-23-34(27)32(35)33(36,26-14-5-2-6-15-26)25-39(37,28-17-7-3-8-18-28)29-19-9-4-10-20-29/h2-12,14-15,17-22,27,32,36H,13,16,23-25H2,1H3/t27-,32+,33-/m0/s1. The average molecular weight is 539 g/mol. The van der Waals surface area contributed by atoms with E-state index in [4.69, 9.17) is 4.74 Å². The number of nitrogens with zero attached hydrogens (tertiary/aromatic N) is 2. The number of aliphatic hydroxyl groups is 1. The summed E-state index contributed by atoms with van der Waals surface area (Å²) in [6, 6.07) is 37.5. The molecule has 2 aliphatic heterocycles. The maximum atomic E-state index is 15.4. The highest BCUT2D eigenvalue weighted by molar-refractivity contribution is 7.78. The van der Waals surface area contributed by atoms with E-state index in [-0.39, 0.29) is 6.16 Å². The number of ether oxygens (including phenoxy) is 1. The van der Waals surface area contributed by atoms with Gasteiger partial charge in [-0.2, -0.15) is 0 Å². The Morgan fingerprint density at radius 3 is 2.03 bits per heavy atom. The molecule has 4 aromatic rings. The van der Waals surface area contributed by atoms with Gasteiger partial charge in [0.25, 0.3) is 0 Å². The second kappa shape index (κ2) is 10.7. The zero-order valence-electron chi connectivity index (χ0n) is 22.3. The molecule has 2 fully saturated rings. The summed E-state index contributed by atoms with van der Waals surface area (Å²) < 4.78 is 21.2. The Labute approximate surface area is 231 Å². The number of hydrogen-bond donors (Lipinski definition) is 1. The van der Waals surface area contributed by atoms with Crippen molar-refractivity contribution in [2.45, 2.75) is 30.7 Å². The molecule has 0 bridgehead atoms. The molecule has 0 saturated carbocycles. The number of methoxy groups -OCH3 is 1. The van der Waals surface area contributed by atoms with Crippen molar-refractivity contribution in [3.63, 3.8) is 0 Å². The first kappa shape index (κ1) is 25.9. The van der Waals surface area contributed by atoms with Gasteiger partial charge in [-0.3, -0.25) is 4.90 Å². The summed E-state index contributed by atoms with van der Waals surface area (Å²) in [5, 5.41) is 14.7. The van der Waals surface area contributed by atoms with Gasteiger partial charge in [-0.25, -0.2) is 0 Å². The predicted molar refractivity (Wildman–Crippen MR) is 159 cm³/mol. The lowest BCUT2D eigenvalue weighted by molar-refractivity contribution is -0.0202. The normalized spacial score (nSPS) is 20.9. The summed E-state index contributed by atoms with van der Waals surface area (Å²) in [4.78, 5) is 4.72. The van der Waals surface area contributed by atoms with Gasteiger partial charge in [0.05, 0.1) is 12.8 Å². The minimum atomic E-state index is -3.27. The Bertz CT molecular complexity index is 1410. The van der Waals surface area contributed by atoms with Crippen LogP contribution >= 0.6 is 7.14 Å². The first-order chi connectivity index (χ1) is 19.0. The predicted octanol–water partition coefficient (Wildman–Crippen LogP) is 5.21. The molecule has 0 amide bonds. The fourth-order valence-corrected chi connectivity index (χ4v) is 9.56. The molecule has 5 nitrogen and oxygen atoms in total. The quantitative estimate of drug-likeness (QED) is 0.312. The highest BCUT2D eigenvalue weighted by Crippen LogP contribution is 2.53. The van der Waals surface area contributed by atoms with Crippen molar-refractivity contribution in [2.75, 3.05) is 31.3 Å². The van der Waals surface area contributed by atoms with Crippen molar-refractivity contribution in [2.24, 2.45) is 0 Å². The van der Waals surface area contributed by atoms with Gasteiger partial charge >= 0.3 is 0 Å². The summed E-state index contributed by atoms with van der Waals surface area (Å²) in [5.41, 5.74) is 0.278. The lowest BCUT2D eigenvalue weighted by atomic mass is 9.91. The second-order valence-corrected chi connectivity index (χ2v) is 13.4. The van der Waals surface area contributed by atoms with Crippen LogP contribution in [0.5, 0.6) is 5.75 Å². The topological polar surface area (TPSA) is 53.0 Å².